The maximum atomic E-state index is 11.1. The molecule has 0 atom stereocenters. The Kier molecular flexibility index (Phi) is 3.59. The molecule has 102 valence electrons. The first-order valence-corrected chi connectivity index (χ1v) is 7.38. The molecule has 1 aromatic rings. The van der Waals surface area contributed by atoms with Crippen molar-refractivity contribution in [3.05, 3.63) is 23.2 Å². The van der Waals surface area contributed by atoms with E-state index in [-0.39, 0.29) is 40.5 Å². The number of aromatic carboxylic acids is 1. The zero-order chi connectivity index (χ0) is 13.2. The van der Waals surface area contributed by atoms with E-state index >= 15 is 0 Å². The topological polar surface area (TPSA) is 53.3 Å². The molecule has 4 heteroatoms. The molecule has 1 aromatic heterocycles. The van der Waals surface area contributed by atoms with Gasteiger partial charge in [-0.15, -0.1) is 0 Å². The van der Waals surface area contributed by atoms with Crippen LogP contribution in [-0.4, -0.2) is 5.97 Å². The second-order valence-corrected chi connectivity index (χ2v) is 7.07. The number of hydrogen-bond donors (Lipinski definition) is 0. The molecular formula is C16H19NaO3. The largest absolute Gasteiger partial charge is 1.00 e. The van der Waals surface area contributed by atoms with Crippen LogP contribution >= 0.6 is 0 Å². The van der Waals surface area contributed by atoms with Crippen LogP contribution in [0.4, 0.5) is 0 Å². The van der Waals surface area contributed by atoms with E-state index in [0.717, 1.165) is 23.5 Å². The number of carboxylic acids is 1. The van der Waals surface area contributed by atoms with E-state index in [1.54, 1.807) is 13.0 Å². The van der Waals surface area contributed by atoms with E-state index in [2.05, 4.69) is 0 Å². The molecule has 3 nitrogen and oxygen atoms in total. The van der Waals surface area contributed by atoms with Crippen LogP contribution in [0.25, 0.3) is 0 Å². The summed E-state index contributed by atoms with van der Waals surface area (Å²) in [7, 11) is 0. The third kappa shape index (κ3) is 2.10. The Labute approximate surface area is 141 Å². The average molecular weight is 282 g/mol. The first-order valence-electron chi connectivity index (χ1n) is 7.38. The summed E-state index contributed by atoms with van der Waals surface area (Å²) in [6, 6.07) is 1.75. The first kappa shape index (κ1) is 14.7. The van der Waals surface area contributed by atoms with Crippen molar-refractivity contribution in [3.8, 4) is 0 Å². The minimum atomic E-state index is -1.11. The number of furan rings is 1. The number of hydrogen-bond acceptors (Lipinski definition) is 3. The van der Waals surface area contributed by atoms with Crippen molar-refractivity contribution < 1.29 is 43.9 Å². The van der Waals surface area contributed by atoms with E-state index in [9.17, 15) is 9.90 Å². The molecule has 0 unspecified atom stereocenters. The van der Waals surface area contributed by atoms with E-state index in [1.807, 2.05) is 0 Å². The van der Waals surface area contributed by atoms with Crippen LogP contribution < -0.4 is 34.7 Å². The molecule has 4 bridgehead atoms. The number of carbonyl (C=O) groups is 1. The SMILES string of the molecule is Cc1oc(C23CC4CC(CC(C4)C2)C3)cc1C(=O)[O-].[Na+]. The van der Waals surface area contributed by atoms with Crippen LogP contribution in [-0.2, 0) is 5.41 Å². The standard InChI is InChI=1S/C16H20O3.Na/c1-9-13(15(17)18)5-14(19-9)16-6-10-2-11(7-16)4-12(3-10)8-16;/h5,10-12H,2-4,6-8H2,1H3,(H,17,18);/q;+1/p-1. The van der Waals surface area contributed by atoms with E-state index < -0.39 is 5.97 Å². The van der Waals surface area contributed by atoms with Gasteiger partial charge in [-0.1, -0.05) is 0 Å². The van der Waals surface area contributed by atoms with Crippen molar-refractivity contribution in [2.45, 2.75) is 50.9 Å². The molecule has 4 fully saturated rings. The van der Waals surface area contributed by atoms with Crippen molar-refractivity contribution in [1.29, 1.82) is 0 Å². The third-order valence-electron chi connectivity index (χ3n) is 5.70. The van der Waals surface area contributed by atoms with Gasteiger partial charge in [0, 0.05) is 11.0 Å². The van der Waals surface area contributed by atoms with Crippen molar-refractivity contribution in [3.63, 3.8) is 0 Å². The number of carboxylic acid groups (broad SMARTS) is 1. The van der Waals surface area contributed by atoms with Crippen molar-refractivity contribution in [2.24, 2.45) is 17.8 Å². The summed E-state index contributed by atoms with van der Waals surface area (Å²) in [5.74, 6) is 2.82. The molecule has 5 rings (SSSR count). The van der Waals surface area contributed by atoms with Gasteiger partial charge in [-0.3, -0.25) is 0 Å². The Morgan fingerprint density at radius 2 is 1.70 bits per heavy atom. The van der Waals surface area contributed by atoms with Gasteiger partial charge in [-0.25, -0.2) is 0 Å². The molecule has 0 N–H and O–H groups in total. The summed E-state index contributed by atoms with van der Waals surface area (Å²) >= 11 is 0. The second-order valence-electron chi connectivity index (χ2n) is 7.07. The van der Waals surface area contributed by atoms with Gasteiger partial charge in [0.05, 0.1) is 5.97 Å². The predicted octanol–water partition coefficient (Wildman–Crippen LogP) is -0.577. The minimum Gasteiger partial charge on any atom is -0.545 e. The summed E-state index contributed by atoms with van der Waals surface area (Å²) < 4.78 is 5.84. The van der Waals surface area contributed by atoms with E-state index in [0.29, 0.717) is 5.76 Å². The molecular weight excluding hydrogens is 263 g/mol. The van der Waals surface area contributed by atoms with E-state index in [1.165, 1.54) is 38.5 Å². The molecule has 0 aromatic carbocycles. The number of carbonyl (C=O) groups excluding carboxylic acids is 1. The molecule has 4 saturated carbocycles. The van der Waals surface area contributed by atoms with Gasteiger partial charge in [-0.05, 0) is 69.3 Å². The molecule has 0 amide bonds. The van der Waals surface area contributed by atoms with Crippen LogP contribution in [0.3, 0.4) is 0 Å². The van der Waals surface area contributed by atoms with Gasteiger partial charge in [-0.2, -0.15) is 0 Å². The normalized spacial score (nSPS) is 37.8. The minimum absolute atomic E-state index is 0. The van der Waals surface area contributed by atoms with Gasteiger partial charge in [0.1, 0.15) is 11.5 Å². The molecule has 0 spiro atoms. The van der Waals surface area contributed by atoms with Gasteiger partial charge in [0.2, 0.25) is 0 Å². The maximum absolute atomic E-state index is 11.1. The second kappa shape index (κ2) is 4.89. The first-order chi connectivity index (χ1) is 9.06. The fourth-order valence-electron chi connectivity index (χ4n) is 5.36. The Balaban J connectivity index is 0.00000121. The molecule has 20 heavy (non-hydrogen) atoms. The predicted molar refractivity (Wildman–Crippen MR) is 67.6 cm³/mol. The fourth-order valence-corrected chi connectivity index (χ4v) is 5.36. The Hall–Kier alpha value is -0.250. The van der Waals surface area contributed by atoms with Crippen LogP contribution in [0.5, 0.6) is 0 Å². The summed E-state index contributed by atoms with van der Waals surface area (Å²) in [6.07, 6.45) is 7.72. The monoisotopic (exact) mass is 282 g/mol. The molecule has 0 aliphatic heterocycles. The summed E-state index contributed by atoms with van der Waals surface area (Å²) in [5, 5.41) is 11.1. The maximum Gasteiger partial charge on any atom is 1.00 e. The smallest absolute Gasteiger partial charge is 0.545 e. The fraction of sp³-hybridized carbons (Fsp3) is 0.688. The molecule has 4 aliphatic rings. The summed E-state index contributed by atoms with van der Waals surface area (Å²) in [4.78, 5) is 11.1. The number of rotatable bonds is 2. The van der Waals surface area contributed by atoms with Crippen molar-refractivity contribution in [1.82, 2.24) is 0 Å². The van der Waals surface area contributed by atoms with Crippen LogP contribution in [0.15, 0.2) is 10.5 Å². The van der Waals surface area contributed by atoms with Crippen LogP contribution in [0, 0.1) is 24.7 Å². The zero-order valence-corrected chi connectivity index (χ0v) is 14.3. The van der Waals surface area contributed by atoms with Gasteiger partial charge in [0.25, 0.3) is 0 Å². The van der Waals surface area contributed by atoms with Crippen molar-refractivity contribution in [2.75, 3.05) is 0 Å². The number of aryl methyl sites for hydroxylation is 1. The average Bonchev–Trinajstić information content (AvgIpc) is 2.70. The van der Waals surface area contributed by atoms with Crippen LogP contribution in [0.1, 0.15) is 60.4 Å². The molecule has 1 heterocycles. The molecule has 4 aliphatic carbocycles. The Morgan fingerprint density at radius 1 is 1.20 bits per heavy atom. The van der Waals surface area contributed by atoms with Crippen molar-refractivity contribution >= 4 is 5.97 Å². The summed E-state index contributed by atoms with van der Waals surface area (Å²) in [6.45, 7) is 1.73. The molecule has 0 radical (unpaired) electrons. The quantitative estimate of drug-likeness (QED) is 0.682. The van der Waals surface area contributed by atoms with Gasteiger partial charge in [0.15, 0.2) is 0 Å². The summed E-state index contributed by atoms with van der Waals surface area (Å²) in [5.41, 5.74) is 0.374. The van der Waals surface area contributed by atoms with Gasteiger partial charge >= 0.3 is 29.6 Å². The Morgan fingerprint density at radius 3 is 2.10 bits per heavy atom. The van der Waals surface area contributed by atoms with E-state index in [4.69, 9.17) is 4.42 Å². The third-order valence-corrected chi connectivity index (χ3v) is 5.70. The van der Waals surface area contributed by atoms with Gasteiger partial charge < -0.3 is 14.3 Å². The van der Waals surface area contributed by atoms with Crippen LogP contribution in [0.2, 0.25) is 0 Å². The molecule has 0 saturated heterocycles. The zero-order valence-electron chi connectivity index (χ0n) is 12.3. The Bertz CT molecular complexity index is 511.